The zero-order chi connectivity index (χ0) is 19.0. The molecular weight excluding hydrogens is 374 g/mol. The second kappa shape index (κ2) is 6.96. The number of amides is 1. The molecule has 3 aromatic rings. The number of carbonyl (C=O) groups excluding carboxylic acids is 1. The predicted molar refractivity (Wildman–Crippen MR) is 98.2 cm³/mol. The van der Waals surface area contributed by atoms with Gasteiger partial charge < -0.3 is 10.1 Å². The summed E-state index contributed by atoms with van der Waals surface area (Å²) in [6.07, 6.45) is 2.35. The van der Waals surface area contributed by atoms with Crippen LogP contribution in [-0.4, -0.2) is 17.5 Å². The largest absolute Gasteiger partial charge is 0.493 e. The van der Waals surface area contributed by atoms with E-state index in [4.69, 9.17) is 16.3 Å². The van der Waals surface area contributed by atoms with E-state index in [1.807, 2.05) is 12.1 Å². The Morgan fingerprint density at radius 1 is 1.15 bits per heavy atom. The van der Waals surface area contributed by atoms with Crippen LogP contribution in [0.2, 0.25) is 5.02 Å². The summed E-state index contributed by atoms with van der Waals surface area (Å²) in [6, 6.07) is 10.2. The predicted octanol–water partition coefficient (Wildman–Crippen LogP) is 4.87. The summed E-state index contributed by atoms with van der Waals surface area (Å²) < 4.78 is 32.9. The van der Waals surface area contributed by atoms with Crippen LogP contribution in [0.25, 0.3) is 11.1 Å². The summed E-state index contributed by atoms with van der Waals surface area (Å²) in [4.78, 5) is 16.3. The van der Waals surface area contributed by atoms with E-state index in [0.717, 1.165) is 41.0 Å². The van der Waals surface area contributed by atoms with Crippen LogP contribution in [0.1, 0.15) is 15.9 Å². The molecule has 0 atom stereocenters. The average Bonchev–Trinajstić information content (AvgIpc) is 3.09. The van der Waals surface area contributed by atoms with Crippen LogP contribution < -0.4 is 10.1 Å². The maximum Gasteiger partial charge on any atom is 0.262 e. The average molecular weight is 387 g/mol. The number of nitrogens with zero attached hydrogens (tertiary/aromatic N) is 1. The zero-order valence-electron chi connectivity index (χ0n) is 13.9. The summed E-state index contributed by atoms with van der Waals surface area (Å²) in [6.45, 7) is 0.630. The SMILES string of the molecule is O=C(Nc1ccc(-c2cc3c(cc2Cl)CCO3)cn1)c1c(F)cccc1F. The van der Waals surface area contributed by atoms with Crippen LogP contribution in [0.5, 0.6) is 5.75 Å². The minimum Gasteiger partial charge on any atom is -0.493 e. The van der Waals surface area contributed by atoms with Crippen molar-refractivity contribution in [3.05, 3.63) is 76.4 Å². The van der Waals surface area contributed by atoms with Crippen LogP contribution >= 0.6 is 11.6 Å². The number of carbonyl (C=O) groups is 1. The maximum absolute atomic E-state index is 13.7. The first-order valence-electron chi connectivity index (χ1n) is 8.20. The van der Waals surface area contributed by atoms with Crippen molar-refractivity contribution in [1.82, 2.24) is 4.98 Å². The molecule has 1 aliphatic heterocycles. The molecule has 0 spiro atoms. The molecule has 27 heavy (non-hydrogen) atoms. The molecule has 0 radical (unpaired) electrons. The quantitative estimate of drug-likeness (QED) is 0.698. The highest BCUT2D eigenvalue weighted by Gasteiger charge is 2.18. The lowest BCUT2D eigenvalue weighted by Crippen LogP contribution is -2.16. The monoisotopic (exact) mass is 386 g/mol. The fraction of sp³-hybridized carbons (Fsp3) is 0.100. The summed E-state index contributed by atoms with van der Waals surface area (Å²) in [5.74, 6) is -1.82. The number of hydrogen-bond acceptors (Lipinski definition) is 3. The van der Waals surface area contributed by atoms with E-state index in [1.165, 1.54) is 18.3 Å². The lowest BCUT2D eigenvalue weighted by atomic mass is 10.0. The second-order valence-corrected chi connectivity index (χ2v) is 6.43. The third kappa shape index (κ3) is 3.36. The van der Waals surface area contributed by atoms with Crippen molar-refractivity contribution in [1.29, 1.82) is 0 Å². The van der Waals surface area contributed by atoms with Crippen LogP contribution in [0.3, 0.4) is 0 Å². The molecule has 4 nitrogen and oxygen atoms in total. The molecule has 0 bridgehead atoms. The first-order chi connectivity index (χ1) is 13.0. The van der Waals surface area contributed by atoms with E-state index in [-0.39, 0.29) is 5.82 Å². The number of benzene rings is 2. The van der Waals surface area contributed by atoms with E-state index in [0.29, 0.717) is 11.6 Å². The molecule has 1 aliphatic rings. The van der Waals surface area contributed by atoms with Crippen molar-refractivity contribution in [2.24, 2.45) is 0 Å². The molecule has 1 N–H and O–H groups in total. The Morgan fingerprint density at radius 2 is 1.93 bits per heavy atom. The van der Waals surface area contributed by atoms with Gasteiger partial charge in [0.1, 0.15) is 28.8 Å². The highest BCUT2D eigenvalue weighted by Crippen LogP contribution is 2.36. The summed E-state index contributed by atoms with van der Waals surface area (Å²) >= 11 is 6.35. The molecule has 1 amide bonds. The zero-order valence-corrected chi connectivity index (χ0v) is 14.7. The van der Waals surface area contributed by atoms with Crippen LogP contribution in [0.4, 0.5) is 14.6 Å². The number of fused-ring (bicyclic) bond motifs is 1. The molecule has 136 valence electrons. The first kappa shape index (κ1) is 17.4. The minimum absolute atomic E-state index is 0.167. The Balaban J connectivity index is 1.57. The number of rotatable bonds is 3. The molecule has 0 unspecified atom stereocenters. The van der Waals surface area contributed by atoms with Gasteiger partial charge in [0.25, 0.3) is 5.91 Å². The van der Waals surface area contributed by atoms with Crippen molar-refractivity contribution in [3.63, 3.8) is 0 Å². The Kier molecular flexibility index (Phi) is 4.49. The summed E-state index contributed by atoms with van der Waals surface area (Å²) in [5.41, 5.74) is 1.89. The normalized spacial score (nSPS) is 12.4. The lowest BCUT2D eigenvalue weighted by Gasteiger charge is -2.09. The van der Waals surface area contributed by atoms with Crippen LogP contribution in [0.15, 0.2) is 48.7 Å². The molecule has 2 aromatic carbocycles. The number of ether oxygens (including phenoxy) is 1. The van der Waals surface area contributed by atoms with E-state index in [2.05, 4.69) is 10.3 Å². The smallest absolute Gasteiger partial charge is 0.262 e. The van der Waals surface area contributed by atoms with Crippen molar-refractivity contribution in [2.75, 3.05) is 11.9 Å². The Labute approximate surface area is 158 Å². The highest BCUT2D eigenvalue weighted by molar-refractivity contribution is 6.33. The fourth-order valence-corrected chi connectivity index (χ4v) is 3.23. The Hall–Kier alpha value is -2.99. The number of aromatic nitrogens is 1. The van der Waals surface area contributed by atoms with Crippen molar-refractivity contribution >= 4 is 23.3 Å². The molecule has 0 saturated carbocycles. The van der Waals surface area contributed by atoms with Gasteiger partial charge in [-0.2, -0.15) is 0 Å². The lowest BCUT2D eigenvalue weighted by molar-refractivity contribution is 0.101. The van der Waals surface area contributed by atoms with Gasteiger partial charge >= 0.3 is 0 Å². The van der Waals surface area contributed by atoms with Gasteiger partial charge in [-0.1, -0.05) is 17.7 Å². The Morgan fingerprint density at radius 3 is 2.63 bits per heavy atom. The van der Waals surface area contributed by atoms with Gasteiger partial charge in [-0.3, -0.25) is 4.79 Å². The van der Waals surface area contributed by atoms with E-state index in [9.17, 15) is 13.6 Å². The minimum atomic E-state index is -0.936. The van der Waals surface area contributed by atoms with Gasteiger partial charge in [0.15, 0.2) is 0 Å². The van der Waals surface area contributed by atoms with Crippen LogP contribution in [-0.2, 0) is 6.42 Å². The van der Waals surface area contributed by atoms with Gasteiger partial charge in [0, 0.05) is 28.8 Å². The fourth-order valence-electron chi connectivity index (χ4n) is 2.94. The molecule has 0 saturated heterocycles. The van der Waals surface area contributed by atoms with E-state index >= 15 is 0 Å². The molecule has 7 heteroatoms. The highest BCUT2D eigenvalue weighted by atomic mass is 35.5. The number of halogens is 3. The number of nitrogens with one attached hydrogen (secondary N) is 1. The Bertz CT molecular complexity index is 1020. The first-order valence-corrected chi connectivity index (χ1v) is 8.58. The van der Waals surface area contributed by atoms with E-state index in [1.54, 1.807) is 6.07 Å². The topological polar surface area (TPSA) is 51.2 Å². The van der Waals surface area contributed by atoms with Gasteiger partial charge in [0.05, 0.1) is 6.61 Å². The molecule has 0 aliphatic carbocycles. The third-order valence-corrected chi connectivity index (χ3v) is 4.60. The van der Waals surface area contributed by atoms with Gasteiger partial charge in [-0.15, -0.1) is 0 Å². The number of anilines is 1. The number of hydrogen-bond donors (Lipinski definition) is 1. The van der Waals surface area contributed by atoms with E-state index < -0.39 is 23.1 Å². The molecule has 1 aromatic heterocycles. The summed E-state index contributed by atoms with van der Waals surface area (Å²) in [7, 11) is 0. The van der Waals surface area contributed by atoms with Crippen LogP contribution in [0, 0.1) is 11.6 Å². The third-order valence-electron chi connectivity index (χ3n) is 4.29. The van der Waals surface area contributed by atoms with Gasteiger partial charge in [-0.25, -0.2) is 13.8 Å². The van der Waals surface area contributed by atoms with Gasteiger partial charge in [0.2, 0.25) is 0 Å². The number of pyridine rings is 1. The molecule has 4 rings (SSSR count). The molecule has 0 fully saturated rings. The van der Waals surface area contributed by atoms with Crippen molar-refractivity contribution in [3.8, 4) is 16.9 Å². The van der Waals surface area contributed by atoms with Gasteiger partial charge in [-0.05, 0) is 42.0 Å². The molecular formula is C20H13ClF2N2O2. The van der Waals surface area contributed by atoms with Crippen molar-refractivity contribution < 1.29 is 18.3 Å². The molecule has 2 heterocycles. The standard InChI is InChI=1S/C20H13ClF2N2O2/c21-14-8-11-6-7-27-17(11)9-13(14)12-4-5-18(24-10-12)25-20(26)19-15(22)2-1-3-16(19)23/h1-5,8-10H,6-7H2,(H,24,25,26). The summed E-state index contributed by atoms with van der Waals surface area (Å²) in [5, 5.41) is 2.96. The van der Waals surface area contributed by atoms with Crippen molar-refractivity contribution in [2.45, 2.75) is 6.42 Å². The maximum atomic E-state index is 13.7. The second-order valence-electron chi connectivity index (χ2n) is 6.02.